The van der Waals surface area contributed by atoms with Crippen LogP contribution >= 0.6 is 0 Å². The van der Waals surface area contributed by atoms with Gasteiger partial charge in [-0.25, -0.2) is 9.59 Å². The zero-order chi connectivity index (χ0) is 15.0. The van der Waals surface area contributed by atoms with Crippen molar-refractivity contribution in [3.8, 4) is 5.75 Å². The van der Waals surface area contributed by atoms with E-state index in [4.69, 9.17) is 20.4 Å². The first-order chi connectivity index (χ1) is 8.73. The first-order valence-electron chi connectivity index (χ1n) is 5.19. The topological polar surface area (TPSA) is 132 Å². The van der Waals surface area contributed by atoms with E-state index >= 15 is 0 Å². The quantitative estimate of drug-likeness (QED) is 0.568. The average Bonchev–Trinajstić information content (AvgIpc) is 2.32. The summed E-state index contributed by atoms with van der Waals surface area (Å²) in [6.07, 6.45) is -1.37. The normalized spacial score (nSPS) is 10.8. The molecule has 1 rings (SSSR count). The predicted octanol–water partition coefficient (Wildman–Crippen LogP) is 0.0402. The molecule has 104 valence electrons. The number of benzene rings is 1. The second-order valence-corrected chi connectivity index (χ2v) is 3.59. The molecule has 7 nitrogen and oxygen atoms in total. The molecule has 0 saturated heterocycles. The third-order valence-electron chi connectivity index (χ3n) is 1.90. The molecular formula is C12H14O7. The molecule has 0 radical (unpaired) electrons. The van der Waals surface area contributed by atoms with Gasteiger partial charge in [-0.3, -0.25) is 4.79 Å². The molecular weight excluding hydrogens is 256 g/mol. The Morgan fingerprint density at radius 2 is 1.53 bits per heavy atom. The number of carboxylic acid groups (broad SMARTS) is 2. The Morgan fingerprint density at radius 1 is 1.11 bits per heavy atom. The molecule has 0 aliphatic heterocycles. The van der Waals surface area contributed by atoms with Crippen LogP contribution in [0.2, 0.25) is 0 Å². The minimum atomic E-state index is -1.44. The number of carboxylic acids is 2. The molecule has 7 heteroatoms. The lowest BCUT2D eigenvalue weighted by atomic mass is 10.1. The fourth-order valence-electron chi connectivity index (χ4n) is 0.875. The summed E-state index contributed by atoms with van der Waals surface area (Å²) in [5.41, 5.74) is 0.574. The van der Waals surface area contributed by atoms with Crippen molar-refractivity contribution in [3.63, 3.8) is 0 Å². The molecule has 1 aromatic carbocycles. The maximum absolute atomic E-state index is 10.7. The number of aliphatic hydroxyl groups excluding tert-OH is 1. The number of phenols is 1. The Hall–Kier alpha value is -2.41. The average molecular weight is 270 g/mol. The van der Waals surface area contributed by atoms with Gasteiger partial charge in [0.1, 0.15) is 11.9 Å². The third kappa shape index (κ3) is 7.50. The number of carbonyl (C=O) groups excluding carboxylic acids is 1. The lowest BCUT2D eigenvalue weighted by molar-refractivity contribution is -0.148. The number of rotatable bonds is 4. The van der Waals surface area contributed by atoms with Gasteiger partial charge >= 0.3 is 11.9 Å². The summed E-state index contributed by atoms with van der Waals surface area (Å²) in [6, 6.07) is 5.83. The summed E-state index contributed by atoms with van der Waals surface area (Å²) in [5.74, 6) is -3.39. The molecule has 19 heavy (non-hydrogen) atoms. The van der Waals surface area contributed by atoms with Gasteiger partial charge in [-0.15, -0.1) is 0 Å². The SMILES string of the molecule is CC(O)C(=O)O.O=C(O)C(=O)Cc1ccc(O)cc1. The number of Topliss-reactive ketones (excluding diaryl/α,β-unsaturated/α-hetero) is 1. The number of aliphatic carboxylic acids is 2. The van der Waals surface area contributed by atoms with Gasteiger partial charge in [0.25, 0.3) is 0 Å². The van der Waals surface area contributed by atoms with Gasteiger partial charge in [-0.1, -0.05) is 12.1 Å². The Labute approximate surface area is 108 Å². The van der Waals surface area contributed by atoms with Gasteiger partial charge < -0.3 is 20.4 Å². The zero-order valence-electron chi connectivity index (χ0n) is 10.1. The second kappa shape index (κ2) is 7.83. The fraction of sp³-hybridized carbons (Fsp3) is 0.250. The summed E-state index contributed by atoms with van der Waals surface area (Å²) < 4.78 is 0. The minimum Gasteiger partial charge on any atom is -0.508 e. The molecule has 0 bridgehead atoms. The smallest absolute Gasteiger partial charge is 0.372 e. The maximum atomic E-state index is 10.7. The summed E-state index contributed by atoms with van der Waals surface area (Å²) >= 11 is 0. The van der Waals surface area contributed by atoms with Crippen molar-refractivity contribution in [2.24, 2.45) is 0 Å². The van der Waals surface area contributed by atoms with Crippen molar-refractivity contribution in [2.75, 3.05) is 0 Å². The van der Waals surface area contributed by atoms with Gasteiger partial charge in [0.2, 0.25) is 5.78 Å². The highest BCUT2D eigenvalue weighted by Gasteiger charge is 2.11. The van der Waals surface area contributed by atoms with Crippen LogP contribution in [0.4, 0.5) is 0 Å². The number of hydrogen-bond acceptors (Lipinski definition) is 5. The molecule has 4 N–H and O–H groups in total. The molecule has 0 aliphatic carbocycles. The first kappa shape index (κ1) is 16.6. The monoisotopic (exact) mass is 270 g/mol. The molecule has 0 fully saturated rings. The summed E-state index contributed by atoms with van der Waals surface area (Å²) in [6.45, 7) is 1.20. The number of ketones is 1. The van der Waals surface area contributed by atoms with Crippen LogP contribution in [0.25, 0.3) is 0 Å². The van der Waals surface area contributed by atoms with Crippen molar-refractivity contribution in [3.05, 3.63) is 29.8 Å². The van der Waals surface area contributed by atoms with Crippen molar-refractivity contribution >= 4 is 17.7 Å². The van der Waals surface area contributed by atoms with Gasteiger partial charge in [0.15, 0.2) is 0 Å². The Morgan fingerprint density at radius 3 is 1.84 bits per heavy atom. The summed E-state index contributed by atoms with van der Waals surface area (Å²) in [7, 11) is 0. The van der Waals surface area contributed by atoms with Crippen molar-refractivity contribution in [2.45, 2.75) is 19.4 Å². The van der Waals surface area contributed by atoms with Crippen LogP contribution in [0.1, 0.15) is 12.5 Å². The van der Waals surface area contributed by atoms with Crippen LogP contribution < -0.4 is 0 Å². The largest absolute Gasteiger partial charge is 0.508 e. The van der Waals surface area contributed by atoms with Crippen LogP contribution in [0, 0.1) is 0 Å². The predicted molar refractivity (Wildman–Crippen MR) is 63.8 cm³/mol. The van der Waals surface area contributed by atoms with E-state index in [-0.39, 0.29) is 12.2 Å². The third-order valence-corrected chi connectivity index (χ3v) is 1.90. The molecule has 0 aromatic heterocycles. The second-order valence-electron chi connectivity index (χ2n) is 3.59. The van der Waals surface area contributed by atoms with E-state index in [1.807, 2.05) is 0 Å². The van der Waals surface area contributed by atoms with Crippen LogP contribution in [-0.2, 0) is 20.8 Å². The lowest BCUT2D eigenvalue weighted by Gasteiger charge is -1.97. The van der Waals surface area contributed by atoms with E-state index in [0.717, 1.165) is 0 Å². The molecule has 0 saturated carbocycles. The van der Waals surface area contributed by atoms with Crippen LogP contribution in [0.15, 0.2) is 24.3 Å². The Bertz CT molecular complexity index is 448. The molecule has 1 unspecified atom stereocenters. The standard InChI is InChI=1S/C9H8O4.C3H6O3/c10-7-3-1-6(2-4-7)5-8(11)9(12)13;1-2(4)3(5)6/h1-4,10H,5H2,(H,12,13);2,4H,1H3,(H,5,6). The number of aliphatic hydroxyl groups is 1. The highest BCUT2D eigenvalue weighted by molar-refractivity contribution is 6.33. The summed E-state index contributed by atoms with van der Waals surface area (Å²) in [4.78, 5) is 30.4. The molecule has 0 heterocycles. The number of phenolic OH excluding ortho intramolecular Hbond substituents is 1. The number of aromatic hydroxyl groups is 1. The van der Waals surface area contributed by atoms with E-state index in [2.05, 4.69) is 0 Å². The van der Waals surface area contributed by atoms with E-state index in [1.54, 1.807) is 0 Å². The maximum Gasteiger partial charge on any atom is 0.372 e. The molecule has 0 spiro atoms. The van der Waals surface area contributed by atoms with Gasteiger partial charge in [0.05, 0.1) is 0 Å². The van der Waals surface area contributed by atoms with E-state index in [9.17, 15) is 14.4 Å². The van der Waals surface area contributed by atoms with E-state index in [0.29, 0.717) is 5.56 Å². The Balaban J connectivity index is 0.000000459. The van der Waals surface area contributed by atoms with Gasteiger partial charge in [0, 0.05) is 6.42 Å². The summed E-state index contributed by atoms with van der Waals surface area (Å²) in [5, 5.41) is 33.0. The number of carbonyl (C=O) groups is 3. The minimum absolute atomic E-state index is 0.0894. The molecule has 1 aromatic rings. The van der Waals surface area contributed by atoms with Gasteiger partial charge in [-0.2, -0.15) is 0 Å². The van der Waals surface area contributed by atoms with Gasteiger partial charge in [-0.05, 0) is 24.6 Å². The molecule has 1 atom stereocenters. The van der Waals surface area contributed by atoms with Crippen molar-refractivity contribution in [1.82, 2.24) is 0 Å². The fourth-order valence-corrected chi connectivity index (χ4v) is 0.875. The molecule has 0 amide bonds. The lowest BCUT2D eigenvalue weighted by Crippen LogP contribution is -2.14. The van der Waals surface area contributed by atoms with Crippen molar-refractivity contribution < 1.29 is 34.8 Å². The number of hydrogen-bond donors (Lipinski definition) is 4. The molecule has 0 aliphatic rings. The van der Waals surface area contributed by atoms with Crippen LogP contribution in [-0.4, -0.2) is 44.3 Å². The first-order valence-corrected chi connectivity index (χ1v) is 5.19. The zero-order valence-corrected chi connectivity index (χ0v) is 10.1. The van der Waals surface area contributed by atoms with E-state index in [1.165, 1.54) is 31.2 Å². The highest BCUT2D eigenvalue weighted by Crippen LogP contribution is 2.10. The van der Waals surface area contributed by atoms with Crippen LogP contribution in [0.3, 0.4) is 0 Å². The van der Waals surface area contributed by atoms with Crippen LogP contribution in [0.5, 0.6) is 5.75 Å². The highest BCUT2D eigenvalue weighted by atomic mass is 16.4. The van der Waals surface area contributed by atoms with Crippen molar-refractivity contribution in [1.29, 1.82) is 0 Å². The van der Waals surface area contributed by atoms with E-state index < -0.39 is 23.8 Å². The Kier molecular flexibility index (Phi) is 6.83.